The second-order valence-electron chi connectivity index (χ2n) is 22.0. The first-order chi connectivity index (χ1) is 28.2. The Labute approximate surface area is 378 Å². The van der Waals surface area contributed by atoms with Gasteiger partial charge in [-0.3, -0.25) is 14.7 Å². The van der Waals surface area contributed by atoms with Gasteiger partial charge >= 0.3 is 18.5 Å². The minimum atomic E-state index is -1.64. The summed E-state index contributed by atoms with van der Waals surface area (Å²) in [6.45, 7) is 39.2. The zero-order valence-corrected chi connectivity index (χ0v) is 42.9. The average molecular weight is 915 g/mol. The highest BCUT2D eigenvalue weighted by molar-refractivity contribution is 5.62. The van der Waals surface area contributed by atoms with Crippen LogP contribution in [0.15, 0.2) is 0 Å². The minimum Gasteiger partial charge on any atom is -0.425 e. The monoisotopic (exact) mass is 915 g/mol. The van der Waals surface area contributed by atoms with Crippen LogP contribution in [0.3, 0.4) is 0 Å². The highest BCUT2D eigenvalue weighted by Crippen LogP contribution is 2.57. The molecular formula is C45H86O18. The Hall–Kier alpha value is -2.55. The van der Waals surface area contributed by atoms with Gasteiger partial charge < -0.3 is 14.2 Å². The van der Waals surface area contributed by atoms with Crippen molar-refractivity contribution in [2.45, 2.75) is 248 Å². The average Bonchev–Trinajstić information content (AvgIpc) is 3.07. The molecule has 63 heavy (non-hydrogen) atoms. The molecule has 0 aromatic carbocycles. The van der Waals surface area contributed by atoms with E-state index in [2.05, 4.69) is 0 Å². The number of hydrogen-bond donors (Lipinski definition) is 0. The van der Waals surface area contributed by atoms with Crippen molar-refractivity contribution in [2.24, 2.45) is 5.41 Å². The predicted octanol–water partition coefficient (Wildman–Crippen LogP) is 11.9. The highest BCUT2D eigenvalue weighted by atomic mass is 17.2. The molecule has 0 spiro atoms. The van der Waals surface area contributed by atoms with Gasteiger partial charge in [-0.2, -0.15) is 14.7 Å². The largest absolute Gasteiger partial charge is 0.541 e. The van der Waals surface area contributed by atoms with Crippen LogP contribution in [0.2, 0.25) is 0 Å². The van der Waals surface area contributed by atoms with E-state index in [9.17, 15) is 14.4 Å². The molecule has 0 unspecified atom stereocenters. The van der Waals surface area contributed by atoms with Crippen molar-refractivity contribution in [2.75, 3.05) is 19.8 Å². The lowest BCUT2D eigenvalue weighted by molar-refractivity contribution is -0.398. The molecule has 0 saturated heterocycles. The maximum absolute atomic E-state index is 13.3. The highest BCUT2D eigenvalue weighted by Gasteiger charge is 2.68. The third-order valence-electron chi connectivity index (χ3n) is 9.58. The van der Waals surface area contributed by atoms with E-state index >= 15 is 0 Å². The summed E-state index contributed by atoms with van der Waals surface area (Å²) in [5, 5.41) is 0. The molecular weight excluding hydrogens is 828 g/mol. The molecule has 0 atom stereocenters. The zero-order chi connectivity index (χ0) is 49.4. The van der Waals surface area contributed by atoms with Crippen LogP contribution < -0.4 is 0 Å². The summed E-state index contributed by atoms with van der Waals surface area (Å²) in [4.78, 5) is 104. The molecule has 0 fully saturated rings. The molecule has 0 aromatic heterocycles. The van der Waals surface area contributed by atoms with E-state index in [0.29, 0.717) is 38.5 Å². The van der Waals surface area contributed by atoms with Crippen LogP contribution in [-0.4, -0.2) is 88.7 Å². The Balaban J connectivity index is 6.05. The molecule has 0 amide bonds. The molecule has 18 heteroatoms. The molecule has 18 nitrogen and oxygen atoms in total. The van der Waals surface area contributed by atoms with Gasteiger partial charge in [0, 0.05) is 0 Å². The molecule has 0 rings (SSSR count). The molecule has 0 heterocycles. The van der Waals surface area contributed by atoms with E-state index in [1.807, 2.05) is 104 Å². The van der Waals surface area contributed by atoms with Crippen molar-refractivity contribution in [3.63, 3.8) is 0 Å². The molecule has 0 radical (unpaired) electrons. The first-order valence-electron chi connectivity index (χ1n) is 21.9. The summed E-state index contributed by atoms with van der Waals surface area (Å²) >= 11 is 0. The first-order valence-corrected chi connectivity index (χ1v) is 21.9. The van der Waals surface area contributed by atoms with E-state index in [0.717, 1.165) is 0 Å². The van der Waals surface area contributed by atoms with E-state index in [1.54, 1.807) is 48.5 Å². The van der Waals surface area contributed by atoms with Gasteiger partial charge in [0.15, 0.2) is 0 Å². The SMILES string of the molecule is CCC(C(C)(C)OC(=O)OOCCCC(C)(C)OOC(C)(C)C)(C(C)(C)OC(=O)OOCCCC(C)(C)OOC(C)(C)C)C(C)(C)OC(=O)OOCCCC(C)(C)OOC(C)(C)C. The normalized spacial score (nSPS) is 14.0. The van der Waals surface area contributed by atoms with Gasteiger partial charge in [0.05, 0.1) is 58.8 Å². The van der Waals surface area contributed by atoms with E-state index < -0.39 is 74.3 Å². The van der Waals surface area contributed by atoms with Gasteiger partial charge in [0.2, 0.25) is 0 Å². The Morgan fingerprint density at radius 1 is 0.349 bits per heavy atom. The van der Waals surface area contributed by atoms with E-state index in [1.165, 1.54) is 0 Å². The Morgan fingerprint density at radius 2 is 0.571 bits per heavy atom. The molecule has 0 bridgehead atoms. The van der Waals surface area contributed by atoms with Gasteiger partial charge in [0.25, 0.3) is 0 Å². The van der Waals surface area contributed by atoms with Crippen molar-refractivity contribution in [3.05, 3.63) is 0 Å². The summed E-state index contributed by atoms with van der Waals surface area (Å²) in [6.07, 6.45) is -0.644. The molecule has 0 saturated carbocycles. The summed E-state index contributed by atoms with van der Waals surface area (Å²) in [5.74, 6) is 0. The summed E-state index contributed by atoms with van der Waals surface area (Å²) in [7, 11) is 0. The Bertz CT molecular complexity index is 1210. The summed E-state index contributed by atoms with van der Waals surface area (Å²) in [6, 6.07) is 0. The summed E-state index contributed by atoms with van der Waals surface area (Å²) in [5.41, 5.74) is -9.91. The topological polar surface area (TPSA) is 190 Å². The predicted molar refractivity (Wildman–Crippen MR) is 231 cm³/mol. The van der Waals surface area contributed by atoms with Crippen LogP contribution in [0.4, 0.5) is 14.4 Å². The quantitative estimate of drug-likeness (QED) is 0.0236. The van der Waals surface area contributed by atoms with Crippen molar-refractivity contribution in [1.82, 2.24) is 0 Å². The van der Waals surface area contributed by atoms with Crippen LogP contribution in [0.5, 0.6) is 0 Å². The third-order valence-corrected chi connectivity index (χ3v) is 9.58. The number of carbonyl (C=O) groups is 3. The molecule has 0 aromatic rings. The first kappa shape index (κ1) is 60.5. The van der Waals surface area contributed by atoms with E-state index in [4.69, 9.17) is 72.9 Å². The Morgan fingerprint density at radius 3 is 0.762 bits per heavy atom. The summed E-state index contributed by atoms with van der Waals surface area (Å²) < 4.78 is 17.8. The fourth-order valence-corrected chi connectivity index (χ4v) is 7.17. The minimum absolute atomic E-state index is 0.0160. The van der Waals surface area contributed by atoms with Crippen molar-refractivity contribution >= 4 is 18.5 Å². The molecule has 0 aliphatic rings. The third kappa shape index (κ3) is 24.0. The Kier molecular flexibility index (Phi) is 23.3. The smallest absolute Gasteiger partial charge is 0.425 e. The lowest BCUT2D eigenvalue weighted by Gasteiger charge is -2.59. The standard InChI is InChI=1S/C45H86O18/c1-23-45(42(17,18)52-33(46)55-49-30-24-27-39(11,12)61-58-36(2,3)4,43(19,20)53-34(47)56-50-31-25-28-40(13,14)62-59-37(5,6)7)44(21,22)54-35(48)57-51-32-26-29-41(15,16)63-60-38(8,9)10/h23-32H2,1-22H3. The van der Waals surface area contributed by atoms with Crippen molar-refractivity contribution < 1.29 is 87.2 Å². The lowest BCUT2D eigenvalue weighted by atomic mass is 9.54. The van der Waals surface area contributed by atoms with Crippen LogP contribution in [0.1, 0.15) is 197 Å². The molecule has 0 aliphatic carbocycles. The second kappa shape index (κ2) is 24.3. The zero-order valence-electron chi connectivity index (χ0n) is 42.9. The van der Waals surface area contributed by atoms with Gasteiger partial charge in [-0.1, -0.05) is 6.92 Å². The number of hydrogen-bond acceptors (Lipinski definition) is 18. The van der Waals surface area contributed by atoms with Gasteiger partial charge in [-0.05, 0) is 190 Å². The number of carbonyl (C=O) groups excluding carboxylic acids is 3. The number of ether oxygens (including phenoxy) is 3. The van der Waals surface area contributed by atoms with Crippen molar-refractivity contribution in [1.29, 1.82) is 0 Å². The molecule has 374 valence electrons. The van der Waals surface area contributed by atoms with E-state index in [-0.39, 0.29) is 26.2 Å². The maximum Gasteiger partial charge on any atom is 0.541 e. The van der Waals surface area contributed by atoms with Crippen LogP contribution >= 0.6 is 0 Å². The van der Waals surface area contributed by atoms with Crippen LogP contribution in [-0.2, 0) is 72.9 Å². The van der Waals surface area contributed by atoms with Crippen molar-refractivity contribution in [3.8, 4) is 0 Å². The fraction of sp³-hybridized carbons (Fsp3) is 0.933. The van der Waals surface area contributed by atoms with Gasteiger partial charge in [-0.25, -0.2) is 43.7 Å². The second-order valence-corrected chi connectivity index (χ2v) is 22.0. The lowest BCUT2D eigenvalue weighted by Crippen LogP contribution is -2.70. The van der Waals surface area contributed by atoms with Crippen LogP contribution in [0, 0.1) is 5.41 Å². The van der Waals surface area contributed by atoms with Crippen LogP contribution in [0.25, 0.3) is 0 Å². The number of rotatable bonds is 28. The molecule has 0 aliphatic heterocycles. The van der Waals surface area contributed by atoms with Gasteiger partial charge in [0.1, 0.15) is 16.8 Å². The van der Waals surface area contributed by atoms with Gasteiger partial charge in [-0.15, -0.1) is 0 Å². The molecule has 0 N–H and O–H groups in total. The maximum atomic E-state index is 13.3. The fourth-order valence-electron chi connectivity index (χ4n) is 7.17.